The smallest absolute Gasteiger partial charge is 0.0402 e. The molecule has 0 aromatic rings. The second kappa shape index (κ2) is 14.2. The quantitative estimate of drug-likeness (QED) is 0.651. The summed E-state index contributed by atoms with van der Waals surface area (Å²) in [5, 5.41) is 7.57. The molecular weight excluding hydrogens is 196 g/mol. The minimum Gasteiger partial charge on any atom is -0.397 e. The Morgan fingerprint density at radius 2 is 1.75 bits per heavy atom. The molecule has 1 nitrogen and oxygen atoms in total. The Morgan fingerprint density at radius 3 is 2.06 bits per heavy atom. The number of hydrogen-bond donors (Lipinski definition) is 1. The van der Waals surface area contributed by atoms with Crippen molar-refractivity contribution in [1.29, 1.82) is 0 Å². The van der Waals surface area contributed by atoms with Crippen molar-refractivity contribution in [3.05, 3.63) is 36.0 Å². The van der Waals surface area contributed by atoms with Gasteiger partial charge in [-0.15, -0.1) is 0 Å². The van der Waals surface area contributed by atoms with Gasteiger partial charge in [-0.1, -0.05) is 45.1 Å². The second-order valence-corrected chi connectivity index (χ2v) is 3.53. The number of aliphatic hydroxyl groups excluding tert-OH is 1. The lowest BCUT2D eigenvalue weighted by molar-refractivity contribution is 0.318. The van der Waals surface area contributed by atoms with Gasteiger partial charge < -0.3 is 5.11 Å². The summed E-state index contributed by atoms with van der Waals surface area (Å²) in [5.41, 5.74) is 2.86. The van der Waals surface area contributed by atoms with Gasteiger partial charge in [0.1, 0.15) is 0 Å². The molecule has 0 amide bonds. The Morgan fingerprint density at radius 1 is 1.19 bits per heavy atom. The third-order valence-electron chi connectivity index (χ3n) is 2.21. The van der Waals surface area contributed by atoms with Gasteiger partial charge in [0, 0.05) is 6.61 Å². The summed E-state index contributed by atoms with van der Waals surface area (Å²) < 4.78 is 0. The standard InChI is InChI=1S/C13H22.C2H6O/c1-5-9-11-13(8-4)12(7-3)10-6-2;1-2-3/h6,8,10H,4-5,7,9,11H2,1-3H3;3H,2H2,1H3/b10-6-,13-12+;. The molecule has 0 aliphatic carbocycles. The van der Waals surface area contributed by atoms with Gasteiger partial charge in [0.2, 0.25) is 0 Å². The van der Waals surface area contributed by atoms with Crippen molar-refractivity contribution in [2.45, 2.75) is 53.4 Å². The predicted molar refractivity (Wildman–Crippen MR) is 74.6 cm³/mol. The van der Waals surface area contributed by atoms with E-state index in [1.165, 1.54) is 30.4 Å². The molecule has 0 radical (unpaired) electrons. The lowest BCUT2D eigenvalue weighted by Crippen LogP contribution is -1.86. The van der Waals surface area contributed by atoms with Crippen molar-refractivity contribution in [3.8, 4) is 0 Å². The van der Waals surface area contributed by atoms with Gasteiger partial charge in [-0.3, -0.25) is 0 Å². The van der Waals surface area contributed by atoms with Crippen molar-refractivity contribution in [3.63, 3.8) is 0 Å². The Bertz CT molecular complexity index is 211. The molecule has 94 valence electrons. The molecule has 0 fully saturated rings. The van der Waals surface area contributed by atoms with Crippen LogP contribution in [-0.2, 0) is 0 Å². The minimum atomic E-state index is 0.250. The molecule has 0 atom stereocenters. The number of allylic oxidation sites excluding steroid dienone is 5. The van der Waals surface area contributed by atoms with Crippen molar-refractivity contribution in [2.24, 2.45) is 0 Å². The summed E-state index contributed by atoms with van der Waals surface area (Å²) in [5.74, 6) is 0. The zero-order valence-corrected chi connectivity index (χ0v) is 11.4. The van der Waals surface area contributed by atoms with E-state index in [0.29, 0.717) is 0 Å². The van der Waals surface area contributed by atoms with Gasteiger partial charge in [0.05, 0.1) is 0 Å². The normalized spacial score (nSPS) is 11.8. The third kappa shape index (κ3) is 9.72. The maximum atomic E-state index is 7.57. The van der Waals surface area contributed by atoms with E-state index < -0.39 is 0 Å². The van der Waals surface area contributed by atoms with Gasteiger partial charge >= 0.3 is 0 Å². The predicted octanol–water partition coefficient (Wildman–Crippen LogP) is 4.64. The molecule has 0 saturated carbocycles. The third-order valence-corrected chi connectivity index (χ3v) is 2.21. The number of aliphatic hydroxyl groups is 1. The SMILES string of the molecule is C=C/C(CCCC)=C(\C=C/C)CC.CCO. The highest BCUT2D eigenvalue weighted by Crippen LogP contribution is 2.17. The molecule has 0 aromatic heterocycles. The Labute approximate surface area is 102 Å². The lowest BCUT2D eigenvalue weighted by Gasteiger charge is -2.06. The van der Waals surface area contributed by atoms with Crippen molar-refractivity contribution >= 4 is 0 Å². The molecule has 0 saturated heterocycles. The van der Waals surface area contributed by atoms with Crippen LogP contribution in [0.15, 0.2) is 36.0 Å². The van der Waals surface area contributed by atoms with E-state index in [1.54, 1.807) is 6.92 Å². The number of unbranched alkanes of at least 4 members (excludes halogenated alkanes) is 1. The minimum absolute atomic E-state index is 0.250. The van der Waals surface area contributed by atoms with Crippen LogP contribution >= 0.6 is 0 Å². The van der Waals surface area contributed by atoms with Crippen LogP contribution in [0, 0.1) is 0 Å². The average Bonchev–Trinajstić information content (AvgIpc) is 2.29. The zero-order valence-electron chi connectivity index (χ0n) is 11.4. The molecule has 1 N–H and O–H groups in total. The Hall–Kier alpha value is -0.820. The van der Waals surface area contributed by atoms with E-state index in [1.807, 2.05) is 6.08 Å². The molecule has 0 heterocycles. The van der Waals surface area contributed by atoms with Crippen molar-refractivity contribution < 1.29 is 5.11 Å². The first kappa shape index (κ1) is 17.6. The van der Waals surface area contributed by atoms with Crippen LogP contribution in [0.3, 0.4) is 0 Å². The highest BCUT2D eigenvalue weighted by atomic mass is 16.2. The Kier molecular flexibility index (Phi) is 15.6. The van der Waals surface area contributed by atoms with Crippen LogP contribution in [-0.4, -0.2) is 11.7 Å². The molecule has 16 heavy (non-hydrogen) atoms. The van der Waals surface area contributed by atoms with Crippen LogP contribution < -0.4 is 0 Å². The second-order valence-electron chi connectivity index (χ2n) is 3.53. The van der Waals surface area contributed by atoms with Gasteiger partial charge in [0.25, 0.3) is 0 Å². The summed E-state index contributed by atoms with van der Waals surface area (Å²) in [7, 11) is 0. The number of hydrogen-bond acceptors (Lipinski definition) is 1. The van der Waals surface area contributed by atoms with Crippen LogP contribution in [0.1, 0.15) is 53.4 Å². The molecule has 0 aromatic carbocycles. The summed E-state index contributed by atoms with van der Waals surface area (Å²) in [4.78, 5) is 0. The fourth-order valence-electron chi connectivity index (χ4n) is 1.41. The molecular formula is C15H28O. The van der Waals surface area contributed by atoms with Gasteiger partial charge in [-0.2, -0.15) is 0 Å². The first-order valence-corrected chi connectivity index (χ1v) is 6.29. The lowest BCUT2D eigenvalue weighted by atomic mass is 10.00. The topological polar surface area (TPSA) is 20.2 Å². The van der Waals surface area contributed by atoms with Crippen molar-refractivity contribution in [2.75, 3.05) is 6.61 Å². The fourth-order valence-corrected chi connectivity index (χ4v) is 1.41. The molecule has 0 bridgehead atoms. The maximum absolute atomic E-state index is 7.57. The van der Waals surface area contributed by atoms with Crippen LogP contribution in [0.5, 0.6) is 0 Å². The average molecular weight is 224 g/mol. The first-order valence-electron chi connectivity index (χ1n) is 6.29. The molecule has 0 aliphatic heterocycles. The first-order chi connectivity index (χ1) is 7.71. The molecule has 1 heteroatoms. The van der Waals surface area contributed by atoms with E-state index in [9.17, 15) is 0 Å². The van der Waals surface area contributed by atoms with Crippen molar-refractivity contribution in [1.82, 2.24) is 0 Å². The van der Waals surface area contributed by atoms with Gasteiger partial charge in [0.15, 0.2) is 0 Å². The van der Waals surface area contributed by atoms with E-state index in [-0.39, 0.29) is 6.61 Å². The van der Waals surface area contributed by atoms with E-state index in [2.05, 4.69) is 39.5 Å². The molecule has 0 spiro atoms. The molecule has 0 unspecified atom stereocenters. The summed E-state index contributed by atoms with van der Waals surface area (Å²) in [6, 6.07) is 0. The highest BCUT2D eigenvalue weighted by molar-refractivity contribution is 5.31. The summed E-state index contributed by atoms with van der Waals surface area (Å²) in [6.45, 7) is 12.3. The number of rotatable bonds is 6. The van der Waals surface area contributed by atoms with E-state index in [0.717, 1.165) is 6.42 Å². The molecule has 0 rings (SSSR count). The maximum Gasteiger partial charge on any atom is 0.0402 e. The van der Waals surface area contributed by atoms with Gasteiger partial charge in [-0.25, -0.2) is 0 Å². The summed E-state index contributed by atoms with van der Waals surface area (Å²) in [6.07, 6.45) is 11.1. The fraction of sp³-hybridized carbons (Fsp3) is 0.600. The zero-order chi connectivity index (χ0) is 12.8. The summed E-state index contributed by atoms with van der Waals surface area (Å²) >= 11 is 0. The van der Waals surface area contributed by atoms with Crippen LogP contribution in [0.4, 0.5) is 0 Å². The largest absolute Gasteiger partial charge is 0.397 e. The monoisotopic (exact) mass is 224 g/mol. The Balaban J connectivity index is 0. The molecule has 0 aliphatic rings. The van der Waals surface area contributed by atoms with Crippen LogP contribution in [0.2, 0.25) is 0 Å². The van der Waals surface area contributed by atoms with E-state index in [4.69, 9.17) is 5.11 Å². The van der Waals surface area contributed by atoms with Gasteiger partial charge in [-0.05, 0) is 44.3 Å². The van der Waals surface area contributed by atoms with Crippen LogP contribution in [0.25, 0.3) is 0 Å². The van der Waals surface area contributed by atoms with E-state index >= 15 is 0 Å². The highest BCUT2D eigenvalue weighted by Gasteiger charge is 1.97.